The van der Waals surface area contributed by atoms with Crippen molar-refractivity contribution in [3.05, 3.63) is 24.3 Å². The van der Waals surface area contributed by atoms with E-state index >= 15 is 0 Å². The van der Waals surface area contributed by atoms with Gasteiger partial charge in [0, 0.05) is 18.0 Å². The molecule has 0 heterocycles. The number of nitrogens with two attached hydrogens (primary N) is 1. The Morgan fingerprint density at radius 3 is 2.58 bits per heavy atom. The minimum absolute atomic E-state index is 0.125. The number of amides is 1. The van der Waals surface area contributed by atoms with Crippen molar-refractivity contribution in [2.75, 3.05) is 17.7 Å². The molecule has 19 heavy (non-hydrogen) atoms. The molecule has 1 rings (SSSR count). The van der Waals surface area contributed by atoms with Gasteiger partial charge in [0.1, 0.15) is 6.10 Å². The second kappa shape index (κ2) is 8.53. The van der Waals surface area contributed by atoms with E-state index in [9.17, 15) is 4.79 Å². The molecule has 0 aliphatic carbocycles. The number of hydrogen-bond acceptors (Lipinski definition) is 3. The van der Waals surface area contributed by atoms with Crippen molar-refractivity contribution in [3.8, 4) is 0 Å². The van der Waals surface area contributed by atoms with Gasteiger partial charge in [0.15, 0.2) is 0 Å². The minimum Gasteiger partial charge on any atom is -0.399 e. The van der Waals surface area contributed by atoms with Gasteiger partial charge in [-0.15, -0.1) is 0 Å². The fourth-order valence-corrected chi connectivity index (χ4v) is 1.67. The van der Waals surface area contributed by atoms with Gasteiger partial charge in [-0.25, -0.2) is 0 Å². The zero-order valence-electron chi connectivity index (χ0n) is 11.8. The lowest BCUT2D eigenvalue weighted by Gasteiger charge is -2.13. The molecule has 4 heteroatoms. The fourth-order valence-electron chi connectivity index (χ4n) is 1.67. The van der Waals surface area contributed by atoms with Crippen LogP contribution < -0.4 is 11.1 Å². The number of carbonyl (C=O) groups excluding carboxylic acids is 1. The smallest absolute Gasteiger partial charge is 0.253 e. The Morgan fingerprint density at radius 2 is 1.95 bits per heavy atom. The molecule has 0 radical (unpaired) electrons. The van der Waals surface area contributed by atoms with Crippen molar-refractivity contribution in [3.63, 3.8) is 0 Å². The molecule has 0 aliphatic heterocycles. The van der Waals surface area contributed by atoms with Gasteiger partial charge >= 0.3 is 0 Å². The molecule has 0 aromatic heterocycles. The molecule has 0 bridgehead atoms. The van der Waals surface area contributed by atoms with E-state index in [1.54, 1.807) is 31.2 Å². The van der Waals surface area contributed by atoms with Crippen LogP contribution in [0.25, 0.3) is 0 Å². The molecule has 1 aromatic carbocycles. The molecule has 0 saturated carbocycles. The van der Waals surface area contributed by atoms with Crippen LogP contribution in [-0.2, 0) is 9.53 Å². The lowest BCUT2D eigenvalue weighted by molar-refractivity contribution is -0.126. The van der Waals surface area contributed by atoms with Gasteiger partial charge in [-0.3, -0.25) is 4.79 Å². The molecule has 3 N–H and O–H groups in total. The number of hydrogen-bond donors (Lipinski definition) is 2. The van der Waals surface area contributed by atoms with Gasteiger partial charge in [0.2, 0.25) is 0 Å². The number of nitrogen functional groups attached to an aromatic ring is 1. The van der Waals surface area contributed by atoms with E-state index in [0.717, 1.165) is 18.5 Å². The Hall–Kier alpha value is -1.55. The standard InChI is InChI=1S/C15H24N2O2/c1-3-4-5-6-11-19-12(2)15(18)17-14-9-7-13(16)8-10-14/h7-10,12H,3-6,11,16H2,1-2H3,(H,17,18). The normalized spacial score (nSPS) is 12.1. The van der Waals surface area contributed by atoms with Crippen molar-refractivity contribution in [2.45, 2.75) is 45.6 Å². The molecule has 4 nitrogen and oxygen atoms in total. The predicted octanol–water partition coefficient (Wildman–Crippen LogP) is 3.19. The summed E-state index contributed by atoms with van der Waals surface area (Å²) in [5, 5.41) is 2.80. The van der Waals surface area contributed by atoms with Gasteiger partial charge in [0.25, 0.3) is 5.91 Å². The molecule has 0 fully saturated rings. The fraction of sp³-hybridized carbons (Fsp3) is 0.533. The highest BCUT2D eigenvalue weighted by atomic mass is 16.5. The first-order valence-corrected chi connectivity index (χ1v) is 6.91. The molecule has 1 atom stereocenters. The first-order valence-electron chi connectivity index (χ1n) is 6.91. The Kier molecular flexibility index (Phi) is 6.97. The van der Waals surface area contributed by atoms with Gasteiger partial charge in [-0.1, -0.05) is 26.2 Å². The third-order valence-corrected chi connectivity index (χ3v) is 2.91. The zero-order chi connectivity index (χ0) is 14.1. The summed E-state index contributed by atoms with van der Waals surface area (Å²) in [5.74, 6) is -0.125. The summed E-state index contributed by atoms with van der Waals surface area (Å²) in [5.41, 5.74) is 7.00. The number of carbonyl (C=O) groups is 1. The molecular weight excluding hydrogens is 240 g/mol. The second-order valence-corrected chi connectivity index (χ2v) is 4.68. The summed E-state index contributed by atoms with van der Waals surface area (Å²) in [7, 11) is 0. The zero-order valence-corrected chi connectivity index (χ0v) is 11.8. The number of nitrogens with one attached hydrogen (secondary N) is 1. The highest BCUT2D eigenvalue weighted by Gasteiger charge is 2.12. The van der Waals surface area contributed by atoms with Gasteiger partial charge < -0.3 is 15.8 Å². The van der Waals surface area contributed by atoms with Gasteiger partial charge in [-0.2, -0.15) is 0 Å². The van der Waals surface area contributed by atoms with E-state index in [1.165, 1.54) is 12.8 Å². The maximum absolute atomic E-state index is 11.8. The molecule has 0 aliphatic rings. The summed E-state index contributed by atoms with van der Waals surface area (Å²) in [4.78, 5) is 11.8. The summed E-state index contributed by atoms with van der Waals surface area (Å²) in [6.07, 6.45) is 4.15. The van der Waals surface area contributed by atoms with Crippen LogP contribution in [0.1, 0.15) is 39.5 Å². The second-order valence-electron chi connectivity index (χ2n) is 4.68. The average Bonchev–Trinajstić information content (AvgIpc) is 2.41. The molecule has 1 aromatic rings. The number of unbranched alkanes of at least 4 members (excludes halogenated alkanes) is 3. The van der Waals surface area contributed by atoms with E-state index in [1.807, 2.05) is 0 Å². The minimum atomic E-state index is -0.431. The number of benzene rings is 1. The first kappa shape index (κ1) is 15.5. The van der Waals surface area contributed by atoms with Crippen LogP contribution in [0.3, 0.4) is 0 Å². The van der Waals surface area contributed by atoms with Gasteiger partial charge in [0.05, 0.1) is 0 Å². The van der Waals surface area contributed by atoms with E-state index in [-0.39, 0.29) is 5.91 Å². The SMILES string of the molecule is CCCCCCOC(C)C(=O)Nc1ccc(N)cc1. The third-order valence-electron chi connectivity index (χ3n) is 2.91. The number of ether oxygens (including phenoxy) is 1. The predicted molar refractivity (Wildman–Crippen MR) is 79.0 cm³/mol. The highest BCUT2D eigenvalue weighted by molar-refractivity contribution is 5.93. The third kappa shape index (κ3) is 6.25. The molecule has 0 saturated heterocycles. The first-order chi connectivity index (χ1) is 9.13. The van der Waals surface area contributed by atoms with Crippen LogP contribution in [0.15, 0.2) is 24.3 Å². The van der Waals surface area contributed by atoms with Crippen LogP contribution in [0.4, 0.5) is 11.4 Å². The van der Waals surface area contributed by atoms with E-state index in [4.69, 9.17) is 10.5 Å². The van der Waals surface area contributed by atoms with E-state index < -0.39 is 6.10 Å². The van der Waals surface area contributed by atoms with Crippen LogP contribution in [-0.4, -0.2) is 18.6 Å². The summed E-state index contributed by atoms with van der Waals surface area (Å²) in [6, 6.07) is 7.07. The Balaban J connectivity index is 2.26. The topological polar surface area (TPSA) is 64.3 Å². The van der Waals surface area contributed by atoms with E-state index in [0.29, 0.717) is 12.3 Å². The molecule has 106 valence electrons. The Labute approximate surface area is 115 Å². The van der Waals surface area contributed by atoms with Crippen LogP contribution in [0, 0.1) is 0 Å². The number of rotatable bonds is 8. The lowest BCUT2D eigenvalue weighted by atomic mass is 10.2. The Morgan fingerprint density at radius 1 is 1.26 bits per heavy atom. The van der Waals surface area contributed by atoms with Crippen molar-refractivity contribution in [2.24, 2.45) is 0 Å². The maximum Gasteiger partial charge on any atom is 0.253 e. The molecule has 1 unspecified atom stereocenters. The van der Waals surface area contributed by atoms with E-state index in [2.05, 4.69) is 12.2 Å². The van der Waals surface area contributed by atoms with Crippen molar-refractivity contribution >= 4 is 17.3 Å². The quantitative estimate of drug-likeness (QED) is 0.560. The monoisotopic (exact) mass is 264 g/mol. The molecular formula is C15H24N2O2. The van der Waals surface area contributed by atoms with Crippen LogP contribution >= 0.6 is 0 Å². The molecule has 1 amide bonds. The molecule has 0 spiro atoms. The van der Waals surface area contributed by atoms with Crippen molar-refractivity contribution < 1.29 is 9.53 Å². The lowest BCUT2D eigenvalue weighted by Crippen LogP contribution is -2.28. The Bertz CT molecular complexity index is 376. The van der Waals surface area contributed by atoms with Crippen LogP contribution in [0.2, 0.25) is 0 Å². The number of anilines is 2. The van der Waals surface area contributed by atoms with Crippen molar-refractivity contribution in [1.29, 1.82) is 0 Å². The summed E-state index contributed by atoms with van der Waals surface area (Å²) < 4.78 is 5.51. The maximum atomic E-state index is 11.8. The van der Waals surface area contributed by atoms with Crippen molar-refractivity contribution in [1.82, 2.24) is 0 Å². The van der Waals surface area contributed by atoms with Gasteiger partial charge in [-0.05, 0) is 37.6 Å². The summed E-state index contributed by atoms with van der Waals surface area (Å²) >= 11 is 0. The largest absolute Gasteiger partial charge is 0.399 e. The average molecular weight is 264 g/mol. The highest BCUT2D eigenvalue weighted by Crippen LogP contribution is 2.11. The van der Waals surface area contributed by atoms with Crippen LogP contribution in [0.5, 0.6) is 0 Å². The summed E-state index contributed by atoms with van der Waals surface area (Å²) in [6.45, 7) is 4.58.